The van der Waals surface area contributed by atoms with Gasteiger partial charge < -0.3 is 4.74 Å². The van der Waals surface area contributed by atoms with Crippen molar-refractivity contribution in [2.45, 2.75) is 13.8 Å². The summed E-state index contributed by atoms with van der Waals surface area (Å²) in [5.41, 5.74) is 5.17. The van der Waals surface area contributed by atoms with Crippen LogP contribution >= 0.6 is 0 Å². The van der Waals surface area contributed by atoms with E-state index >= 15 is 0 Å². The number of carbonyl (C=O) groups excluding carboxylic acids is 1. The van der Waals surface area contributed by atoms with E-state index in [9.17, 15) is 13.2 Å². The number of rotatable bonds is 9. The first-order chi connectivity index (χ1) is 13.7. The normalized spacial score (nSPS) is 11.3. The lowest BCUT2D eigenvalue weighted by Crippen LogP contribution is -2.39. The second-order valence-electron chi connectivity index (χ2n) is 6.47. The molecule has 0 bridgehead atoms. The van der Waals surface area contributed by atoms with Crippen molar-refractivity contribution < 1.29 is 17.9 Å². The van der Waals surface area contributed by atoms with Gasteiger partial charge in [-0.25, -0.2) is 13.8 Å². The zero-order valence-corrected chi connectivity index (χ0v) is 17.6. The number of nitrogens with one attached hydrogen (secondary N) is 1. The van der Waals surface area contributed by atoms with Crippen LogP contribution in [0.1, 0.15) is 16.7 Å². The number of carbonyl (C=O) groups is 1. The van der Waals surface area contributed by atoms with Crippen LogP contribution in [0.4, 0.5) is 5.69 Å². The van der Waals surface area contributed by atoms with Gasteiger partial charge in [0.05, 0.1) is 18.2 Å². The summed E-state index contributed by atoms with van der Waals surface area (Å²) in [6, 6.07) is 12.6. The molecule has 0 spiro atoms. The second-order valence-corrected chi connectivity index (χ2v) is 8.38. The van der Waals surface area contributed by atoms with Crippen molar-refractivity contribution >= 4 is 27.8 Å². The van der Waals surface area contributed by atoms with Crippen molar-refractivity contribution in [1.82, 2.24) is 5.43 Å². The number of hydrogen-bond acceptors (Lipinski definition) is 5. The van der Waals surface area contributed by atoms with E-state index in [4.69, 9.17) is 4.74 Å². The third-order valence-electron chi connectivity index (χ3n) is 4.03. The van der Waals surface area contributed by atoms with E-state index in [1.807, 2.05) is 6.07 Å². The van der Waals surface area contributed by atoms with Crippen molar-refractivity contribution in [3.8, 4) is 5.75 Å². The Morgan fingerprint density at radius 1 is 1.17 bits per heavy atom. The Morgan fingerprint density at radius 2 is 1.79 bits per heavy atom. The molecule has 0 saturated carbocycles. The maximum atomic E-state index is 12.3. The lowest BCUT2D eigenvalue weighted by atomic mass is 10.1. The molecule has 2 aromatic carbocycles. The Labute approximate surface area is 171 Å². The Morgan fingerprint density at radius 3 is 2.34 bits per heavy atom. The highest BCUT2D eigenvalue weighted by molar-refractivity contribution is 7.92. The fourth-order valence-electron chi connectivity index (χ4n) is 2.71. The molecule has 8 heteroatoms. The Bertz CT molecular complexity index is 979. The molecule has 0 atom stereocenters. The maximum Gasteiger partial charge on any atom is 0.260 e. The second kappa shape index (κ2) is 9.88. The third-order valence-corrected chi connectivity index (χ3v) is 5.14. The van der Waals surface area contributed by atoms with E-state index in [1.54, 1.807) is 56.3 Å². The summed E-state index contributed by atoms with van der Waals surface area (Å²) in [4.78, 5) is 12.3. The number of nitrogens with zero attached hydrogens (tertiary/aromatic N) is 2. The van der Waals surface area contributed by atoms with E-state index in [0.29, 0.717) is 18.0 Å². The monoisotopic (exact) mass is 415 g/mol. The van der Waals surface area contributed by atoms with Crippen LogP contribution in [0, 0.1) is 13.8 Å². The standard InChI is InChI=1S/C21H25N3O4S/c1-5-13-28-19-11-9-18(10-12-19)14-22-23-20(25)15-24(29(4,26)27)21-16(2)7-6-8-17(21)3/h5-12,14H,1,13,15H2,2-4H3,(H,23,25)/b22-14-. The molecule has 7 nitrogen and oxygen atoms in total. The molecule has 0 aliphatic heterocycles. The van der Waals surface area contributed by atoms with Gasteiger partial charge in [0.2, 0.25) is 10.0 Å². The first-order valence-corrected chi connectivity index (χ1v) is 10.8. The summed E-state index contributed by atoms with van der Waals surface area (Å²) in [6.07, 6.45) is 4.20. The Kier molecular flexibility index (Phi) is 7.55. The van der Waals surface area contributed by atoms with Crippen LogP contribution in [0.25, 0.3) is 0 Å². The number of sulfonamides is 1. The average molecular weight is 416 g/mol. The van der Waals surface area contributed by atoms with E-state index in [-0.39, 0.29) is 6.54 Å². The van der Waals surface area contributed by atoms with Crippen LogP contribution in [-0.2, 0) is 14.8 Å². The van der Waals surface area contributed by atoms with Crippen molar-refractivity contribution in [2.75, 3.05) is 23.7 Å². The van der Waals surface area contributed by atoms with Gasteiger partial charge in [-0.1, -0.05) is 30.9 Å². The number of ether oxygens (including phenoxy) is 1. The number of amides is 1. The van der Waals surface area contributed by atoms with Crippen LogP contribution in [-0.4, -0.2) is 39.9 Å². The van der Waals surface area contributed by atoms with Crippen LogP contribution in [0.5, 0.6) is 5.75 Å². The Hall–Kier alpha value is -3.13. The summed E-state index contributed by atoms with van der Waals surface area (Å²) in [7, 11) is -3.65. The molecule has 0 unspecified atom stereocenters. The van der Waals surface area contributed by atoms with Gasteiger partial charge in [-0.3, -0.25) is 9.10 Å². The number of hydrazone groups is 1. The predicted octanol–water partition coefficient (Wildman–Crippen LogP) is 2.78. The Balaban J connectivity index is 2.05. The molecule has 0 heterocycles. The highest BCUT2D eigenvalue weighted by Gasteiger charge is 2.23. The summed E-state index contributed by atoms with van der Waals surface area (Å²) in [6.45, 7) is 7.25. The fourth-order valence-corrected chi connectivity index (χ4v) is 3.68. The van der Waals surface area contributed by atoms with Gasteiger partial charge >= 0.3 is 0 Å². The van der Waals surface area contributed by atoms with Gasteiger partial charge in [-0.05, 0) is 54.8 Å². The van der Waals surface area contributed by atoms with Gasteiger partial charge in [0, 0.05) is 0 Å². The third kappa shape index (κ3) is 6.46. The topological polar surface area (TPSA) is 88.1 Å². The molecule has 0 radical (unpaired) electrons. The van der Waals surface area contributed by atoms with E-state index in [2.05, 4.69) is 17.1 Å². The predicted molar refractivity (Wildman–Crippen MR) is 116 cm³/mol. The smallest absolute Gasteiger partial charge is 0.260 e. The average Bonchev–Trinajstić information content (AvgIpc) is 2.65. The quantitative estimate of drug-likeness (QED) is 0.388. The van der Waals surface area contributed by atoms with Gasteiger partial charge in [0.1, 0.15) is 18.9 Å². The molecule has 1 amide bonds. The largest absolute Gasteiger partial charge is 0.490 e. The van der Waals surface area contributed by atoms with E-state index < -0.39 is 15.9 Å². The van der Waals surface area contributed by atoms with Crippen molar-refractivity contribution in [3.05, 3.63) is 71.8 Å². The lowest BCUT2D eigenvalue weighted by molar-refractivity contribution is -0.119. The number of benzene rings is 2. The first-order valence-electron chi connectivity index (χ1n) is 8.92. The van der Waals surface area contributed by atoms with Crippen molar-refractivity contribution in [3.63, 3.8) is 0 Å². The zero-order chi connectivity index (χ0) is 21.4. The number of anilines is 1. The molecule has 0 aliphatic carbocycles. The van der Waals surface area contributed by atoms with E-state index in [1.165, 1.54) is 6.21 Å². The molecule has 29 heavy (non-hydrogen) atoms. The summed E-state index contributed by atoms with van der Waals surface area (Å²) < 4.78 is 31.0. The van der Waals surface area contributed by atoms with Gasteiger partial charge in [-0.15, -0.1) is 0 Å². The van der Waals surface area contributed by atoms with Gasteiger partial charge in [0.25, 0.3) is 5.91 Å². The van der Waals surface area contributed by atoms with Crippen molar-refractivity contribution in [1.29, 1.82) is 0 Å². The molecule has 0 aliphatic rings. The summed E-state index contributed by atoms with van der Waals surface area (Å²) in [5.74, 6) is 0.156. The van der Waals surface area contributed by atoms with Crippen LogP contribution < -0.4 is 14.5 Å². The zero-order valence-electron chi connectivity index (χ0n) is 16.8. The number of para-hydroxylation sites is 1. The molecule has 2 rings (SSSR count). The molecular weight excluding hydrogens is 390 g/mol. The van der Waals surface area contributed by atoms with Gasteiger partial charge in [0.15, 0.2) is 0 Å². The first kappa shape index (κ1) is 22.2. The summed E-state index contributed by atoms with van der Waals surface area (Å²) >= 11 is 0. The van der Waals surface area contributed by atoms with Crippen LogP contribution in [0.3, 0.4) is 0 Å². The summed E-state index contributed by atoms with van der Waals surface area (Å²) in [5, 5.41) is 3.90. The molecule has 0 fully saturated rings. The minimum atomic E-state index is -3.65. The highest BCUT2D eigenvalue weighted by atomic mass is 32.2. The fraction of sp³-hybridized carbons (Fsp3) is 0.238. The molecular formula is C21H25N3O4S. The van der Waals surface area contributed by atoms with Crippen LogP contribution in [0.2, 0.25) is 0 Å². The van der Waals surface area contributed by atoms with Crippen molar-refractivity contribution in [2.24, 2.45) is 5.10 Å². The minimum Gasteiger partial charge on any atom is -0.490 e. The molecule has 154 valence electrons. The molecule has 0 saturated heterocycles. The highest BCUT2D eigenvalue weighted by Crippen LogP contribution is 2.26. The SMILES string of the molecule is C=CCOc1ccc(/C=N\NC(=O)CN(c2c(C)cccc2C)S(C)(=O)=O)cc1. The number of aryl methyl sites for hydroxylation is 2. The van der Waals surface area contributed by atoms with E-state index in [0.717, 1.165) is 27.3 Å². The minimum absolute atomic E-state index is 0.365. The molecule has 0 aromatic heterocycles. The van der Waals surface area contributed by atoms with Gasteiger partial charge in [-0.2, -0.15) is 5.10 Å². The lowest BCUT2D eigenvalue weighted by Gasteiger charge is -2.25. The number of hydrogen-bond donors (Lipinski definition) is 1. The molecule has 2 aromatic rings. The van der Waals surface area contributed by atoms with Crippen LogP contribution in [0.15, 0.2) is 60.2 Å². The maximum absolute atomic E-state index is 12.3. The molecule has 1 N–H and O–H groups in total.